The highest BCUT2D eigenvalue weighted by molar-refractivity contribution is 6.30. The van der Waals surface area contributed by atoms with Crippen molar-refractivity contribution in [2.24, 2.45) is 7.05 Å². The second kappa shape index (κ2) is 14.9. The van der Waals surface area contributed by atoms with Gasteiger partial charge < -0.3 is 30.4 Å². The topological polar surface area (TPSA) is 139 Å². The zero-order chi connectivity index (χ0) is 30.8. The molecule has 224 valence electrons. The standard InChI is InChI=1S/C32H33ClN4O6/c1-37-27-11-5-3-8-23(27)19-28(37)31(41)36-26(30(40)35-25-9-4-2-7-22(25)14-17-29(38)39)10-6-18-34-32(42)43-20-21-12-15-24(33)16-13-21/h2-5,7-9,11-13,15-16,19,26H,6,10,14,17-18,20H2,1H3,(H,34,42)(H,35,40)(H,36,41)(H,38,39)/t26-/m0/s1. The van der Waals surface area contributed by atoms with Crippen LogP contribution in [0.1, 0.15) is 40.9 Å². The van der Waals surface area contributed by atoms with Crippen molar-refractivity contribution in [3.05, 3.63) is 101 Å². The molecule has 0 bridgehead atoms. The Morgan fingerprint density at radius 2 is 1.70 bits per heavy atom. The Kier molecular flexibility index (Phi) is 10.8. The zero-order valence-electron chi connectivity index (χ0n) is 23.6. The summed E-state index contributed by atoms with van der Waals surface area (Å²) in [5.41, 5.74) is 3.20. The maximum atomic E-state index is 13.5. The lowest BCUT2D eigenvalue weighted by atomic mass is 10.1. The Hall–Kier alpha value is -4.83. The molecule has 0 radical (unpaired) electrons. The highest BCUT2D eigenvalue weighted by atomic mass is 35.5. The Morgan fingerprint density at radius 1 is 0.977 bits per heavy atom. The van der Waals surface area contributed by atoms with E-state index in [9.17, 15) is 19.2 Å². The first-order chi connectivity index (χ1) is 20.7. The van der Waals surface area contributed by atoms with E-state index < -0.39 is 29.9 Å². The summed E-state index contributed by atoms with van der Waals surface area (Å²) in [4.78, 5) is 50.1. The Balaban J connectivity index is 1.41. The number of para-hydroxylation sites is 2. The third-order valence-corrected chi connectivity index (χ3v) is 7.16. The number of aromatic nitrogens is 1. The van der Waals surface area contributed by atoms with Crippen molar-refractivity contribution < 1.29 is 29.0 Å². The van der Waals surface area contributed by atoms with E-state index in [-0.39, 0.29) is 32.4 Å². The second-order valence-corrected chi connectivity index (χ2v) is 10.4. The molecule has 4 N–H and O–H groups in total. The average Bonchev–Trinajstić information content (AvgIpc) is 3.34. The Morgan fingerprint density at radius 3 is 2.44 bits per heavy atom. The third kappa shape index (κ3) is 8.83. The van der Waals surface area contributed by atoms with Gasteiger partial charge in [0.1, 0.15) is 18.3 Å². The van der Waals surface area contributed by atoms with Gasteiger partial charge in [0.2, 0.25) is 5.91 Å². The molecule has 10 nitrogen and oxygen atoms in total. The minimum absolute atomic E-state index is 0.0798. The summed E-state index contributed by atoms with van der Waals surface area (Å²) in [6.45, 7) is 0.290. The molecule has 1 heterocycles. The first-order valence-electron chi connectivity index (χ1n) is 13.8. The lowest BCUT2D eigenvalue weighted by molar-refractivity contribution is -0.137. The SMILES string of the molecule is Cn1c(C(=O)N[C@@H](CCCNC(=O)OCc2ccc(Cl)cc2)C(=O)Nc2ccccc2CCC(=O)O)cc2ccccc21. The molecule has 11 heteroatoms. The molecule has 1 atom stereocenters. The van der Waals surface area contributed by atoms with Gasteiger partial charge in [-0.1, -0.05) is 60.1 Å². The van der Waals surface area contributed by atoms with Crippen LogP contribution in [0.3, 0.4) is 0 Å². The largest absolute Gasteiger partial charge is 0.481 e. The molecule has 43 heavy (non-hydrogen) atoms. The number of anilines is 1. The summed E-state index contributed by atoms with van der Waals surface area (Å²) in [6.07, 6.45) is 0.123. The number of aliphatic carboxylic acids is 1. The molecule has 4 aromatic rings. The molecule has 0 aliphatic carbocycles. The highest BCUT2D eigenvalue weighted by Gasteiger charge is 2.24. The Bertz CT molecular complexity index is 1600. The van der Waals surface area contributed by atoms with Crippen molar-refractivity contribution in [1.29, 1.82) is 0 Å². The van der Waals surface area contributed by atoms with Crippen molar-refractivity contribution in [1.82, 2.24) is 15.2 Å². The molecular weight excluding hydrogens is 572 g/mol. The number of hydrogen-bond donors (Lipinski definition) is 4. The van der Waals surface area contributed by atoms with Crippen LogP contribution in [0.4, 0.5) is 10.5 Å². The number of carboxylic acid groups (broad SMARTS) is 1. The van der Waals surface area contributed by atoms with Gasteiger partial charge in [0.05, 0.1) is 0 Å². The molecule has 0 aliphatic rings. The van der Waals surface area contributed by atoms with E-state index in [0.29, 0.717) is 28.4 Å². The number of ether oxygens (including phenoxy) is 1. The number of amides is 3. The second-order valence-electron chi connectivity index (χ2n) is 9.99. The van der Waals surface area contributed by atoms with Crippen LogP contribution >= 0.6 is 11.6 Å². The number of aryl methyl sites for hydroxylation is 2. The Labute approximate surface area is 254 Å². The maximum Gasteiger partial charge on any atom is 0.407 e. The van der Waals surface area contributed by atoms with Gasteiger partial charge in [-0.3, -0.25) is 14.4 Å². The molecular formula is C32H33ClN4O6. The van der Waals surface area contributed by atoms with Crippen molar-refractivity contribution >= 4 is 52.1 Å². The number of hydrogen-bond acceptors (Lipinski definition) is 5. The van der Waals surface area contributed by atoms with E-state index in [2.05, 4.69) is 16.0 Å². The maximum absolute atomic E-state index is 13.5. The summed E-state index contributed by atoms with van der Waals surface area (Å²) in [5, 5.41) is 18.9. The van der Waals surface area contributed by atoms with E-state index in [1.807, 2.05) is 24.3 Å². The van der Waals surface area contributed by atoms with Crippen LogP contribution in [0.5, 0.6) is 0 Å². The van der Waals surface area contributed by atoms with E-state index >= 15 is 0 Å². The minimum atomic E-state index is -0.944. The minimum Gasteiger partial charge on any atom is -0.481 e. The average molecular weight is 605 g/mol. The quantitative estimate of drug-likeness (QED) is 0.153. The predicted octanol–water partition coefficient (Wildman–Crippen LogP) is 5.29. The summed E-state index contributed by atoms with van der Waals surface area (Å²) in [5.74, 6) is -1.83. The van der Waals surface area contributed by atoms with Gasteiger partial charge in [-0.15, -0.1) is 0 Å². The van der Waals surface area contributed by atoms with Gasteiger partial charge in [-0.05, 0) is 60.7 Å². The van der Waals surface area contributed by atoms with Crippen molar-refractivity contribution in [3.63, 3.8) is 0 Å². The first-order valence-corrected chi connectivity index (χ1v) is 14.2. The molecule has 0 aliphatic heterocycles. The van der Waals surface area contributed by atoms with Crippen molar-refractivity contribution in [3.8, 4) is 0 Å². The van der Waals surface area contributed by atoms with Crippen LogP contribution in [0.2, 0.25) is 5.02 Å². The molecule has 0 unspecified atom stereocenters. The number of benzene rings is 3. The van der Waals surface area contributed by atoms with E-state index in [1.54, 1.807) is 66.2 Å². The number of carbonyl (C=O) groups excluding carboxylic acids is 3. The smallest absolute Gasteiger partial charge is 0.407 e. The molecule has 0 spiro atoms. The van der Waals surface area contributed by atoms with E-state index in [4.69, 9.17) is 21.4 Å². The first kappa shape index (κ1) is 31.1. The van der Waals surface area contributed by atoms with Gasteiger partial charge >= 0.3 is 12.1 Å². The van der Waals surface area contributed by atoms with Crippen LogP contribution in [-0.4, -0.2) is 46.1 Å². The number of alkyl carbamates (subject to hydrolysis) is 1. The fraction of sp³-hybridized carbons (Fsp3) is 0.250. The van der Waals surface area contributed by atoms with E-state index in [1.165, 1.54) is 0 Å². The summed E-state index contributed by atoms with van der Waals surface area (Å²) >= 11 is 5.88. The van der Waals surface area contributed by atoms with Gasteiger partial charge in [0.25, 0.3) is 5.91 Å². The van der Waals surface area contributed by atoms with Crippen LogP contribution in [0, 0.1) is 0 Å². The highest BCUT2D eigenvalue weighted by Crippen LogP contribution is 2.20. The fourth-order valence-corrected chi connectivity index (χ4v) is 4.73. The monoisotopic (exact) mass is 604 g/mol. The summed E-state index contributed by atoms with van der Waals surface area (Å²) in [6, 6.07) is 22.3. The fourth-order valence-electron chi connectivity index (χ4n) is 4.61. The summed E-state index contributed by atoms with van der Waals surface area (Å²) < 4.78 is 7.00. The van der Waals surface area contributed by atoms with Gasteiger partial charge in [0.15, 0.2) is 0 Å². The van der Waals surface area contributed by atoms with Gasteiger partial charge in [-0.2, -0.15) is 0 Å². The number of nitrogens with one attached hydrogen (secondary N) is 3. The van der Waals surface area contributed by atoms with Crippen molar-refractivity contribution in [2.75, 3.05) is 11.9 Å². The lowest BCUT2D eigenvalue weighted by Crippen LogP contribution is -2.44. The number of carbonyl (C=O) groups is 4. The van der Waals surface area contributed by atoms with Crippen LogP contribution in [0.15, 0.2) is 78.9 Å². The summed E-state index contributed by atoms with van der Waals surface area (Å²) in [7, 11) is 1.78. The zero-order valence-corrected chi connectivity index (χ0v) is 24.4. The molecule has 0 saturated carbocycles. The normalized spacial score (nSPS) is 11.5. The lowest BCUT2D eigenvalue weighted by Gasteiger charge is -2.20. The number of fused-ring (bicyclic) bond motifs is 1. The molecule has 0 fully saturated rings. The number of nitrogens with zero attached hydrogens (tertiary/aromatic N) is 1. The number of carboxylic acids is 1. The van der Waals surface area contributed by atoms with E-state index in [0.717, 1.165) is 16.5 Å². The number of rotatable bonds is 13. The van der Waals surface area contributed by atoms with Crippen molar-refractivity contribution in [2.45, 2.75) is 38.3 Å². The predicted molar refractivity (Wildman–Crippen MR) is 164 cm³/mol. The van der Waals surface area contributed by atoms with Gasteiger partial charge in [-0.25, -0.2) is 4.79 Å². The number of halogens is 1. The molecule has 1 aromatic heterocycles. The third-order valence-electron chi connectivity index (χ3n) is 6.91. The molecule has 0 saturated heterocycles. The van der Waals surface area contributed by atoms with Crippen LogP contribution < -0.4 is 16.0 Å². The molecule has 3 amide bonds. The van der Waals surface area contributed by atoms with Crippen LogP contribution in [0.25, 0.3) is 10.9 Å². The molecule has 3 aromatic carbocycles. The van der Waals surface area contributed by atoms with Gasteiger partial charge in [0, 0.05) is 41.6 Å². The van der Waals surface area contributed by atoms with Crippen LogP contribution in [-0.2, 0) is 34.4 Å². The molecule has 4 rings (SSSR count).